The molecule has 0 spiro atoms. The van der Waals surface area contributed by atoms with Gasteiger partial charge >= 0.3 is 0 Å². The maximum absolute atomic E-state index is 12.6. The molecule has 0 atom stereocenters. The van der Waals surface area contributed by atoms with Gasteiger partial charge in [0, 0.05) is 42.6 Å². The number of piperidine rings is 2. The van der Waals surface area contributed by atoms with Crippen molar-refractivity contribution in [1.29, 1.82) is 0 Å². The van der Waals surface area contributed by atoms with Crippen molar-refractivity contribution < 1.29 is 9.59 Å². The Labute approximate surface area is 158 Å². The van der Waals surface area contributed by atoms with Gasteiger partial charge in [-0.15, -0.1) is 0 Å². The summed E-state index contributed by atoms with van der Waals surface area (Å²) in [5.74, 6) is 0.421. The van der Waals surface area contributed by atoms with Crippen LogP contribution in [0.3, 0.4) is 0 Å². The minimum atomic E-state index is 0.0274. The summed E-state index contributed by atoms with van der Waals surface area (Å²) in [4.78, 5) is 28.9. The molecule has 2 heterocycles. The lowest BCUT2D eigenvalue weighted by Gasteiger charge is -2.35. The summed E-state index contributed by atoms with van der Waals surface area (Å²) in [5, 5.41) is 0. The minimum absolute atomic E-state index is 0.0274. The summed E-state index contributed by atoms with van der Waals surface area (Å²) in [7, 11) is 0. The zero-order valence-electron chi connectivity index (χ0n) is 14.5. The molecule has 2 amide bonds. The molecule has 2 saturated heterocycles. The summed E-state index contributed by atoms with van der Waals surface area (Å²) < 4.78 is 0.977. The minimum Gasteiger partial charge on any atom is -0.342 e. The van der Waals surface area contributed by atoms with Crippen molar-refractivity contribution in [2.45, 2.75) is 32.1 Å². The van der Waals surface area contributed by atoms with Gasteiger partial charge in [0.05, 0.1) is 0 Å². The van der Waals surface area contributed by atoms with Crippen LogP contribution in [0.5, 0.6) is 0 Å². The molecule has 0 bridgehead atoms. The van der Waals surface area contributed by atoms with Crippen LogP contribution < -0.4 is 0 Å². The third kappa shape index (κ3) is 4.72. The number of benzene rings is 1. The van der Waals surface area contributed by atoms with Crippen molar-refractivity contribution in [3.05, 3.63) is 40.4 Å². The summed E-state index contributed by atoms with van der Waals surface area (Å²) in [6.45, 7) is 3.16. The molecule has 3 rings (SSSR count). The third-order valence-corrected chi connectivity index (χ3v) is 5.86. The average molecular weight is 405 g/mol. The topological polar surface area (TPSA) is 40.6 Å². The first-order chi connectivity index (χ1) is 12.1. The molecule has 4 nitrogen and oxygen atoms in total. The van der Waals surface area contributed by atoms with Gasteiger partial charge in [0.1, 0.15) is 0 Å². The first-order valence-corrected chi connectivity index (χ1v) is 9.95. The van der Waals surface area contributed by atoms with E-state index in [2.05, 4.69) is 15.9 Å². The number of hydrogen-bond acceptors (Lipinski definition) is 2. The zero-order chi connectivity index (χ0) is 17.6. The van der Waals surface area contributed by atoms with E-state index in [1.165, 1.54) is 6.42 Å². The lowest BCUT2D eigenvalue weighted by Crippen LogP contribution is -2.45. The van der Waals surface area contributed by atoms with E-state index in [0.29, 0.717) is 19.0 Å². The summed E-state index contributed by atoms with van der Waals surface area (Å²) in [6, 6.07) is 7.83. The van der Waals surface area contributed by atoms with Crippen LogP contribution in [0.1, 0.15) is 37.7 Å². The van der Waals surface area contributed by atoms with Gasteiger partial charge in [-0.2, -0.15) is 0 Å². The summed E-state index contributed by atoms with van der Waals surface area (Å²) >= 11 is 3.49. The molecule has 25 heavy (non-hydrogen) atoms. The SMILES string of the molecule is O=C(/C=C/c1ccccc1Br)N1CCC(C(=O)N2CCCCC2)CC1. The number of nitrogens with zero attached hydrogens (tertiary/aromatic N) is 2. The van der Waals surface area contributed by atoms with Gasteiger partial charge in [0.25, 0.3) is 0 Å². The van der Waals surface area contributed by atoms with E-state index in [4.69, 9.17) is 0 Å². The molecule has 2 fully saturated rings. The van der Waals surface area contributed by atoms with Gasteiger partial charge in [-0.25, -0.2) is 0 Å². The summed E-state index contributed by atoms with van der Waals surface area (Å²) in [5.41, 5.74) is 0.992. The highest BCUT2D eigenvalue weighted by Crippen LogP contribution is 2.22. The van der Waals surface area contributed by atoms with E-state index in [1.54, 1.807) is 6.08 Å². The van der Waals surface area contributed by atoms with E-state index in [-0.39, 0.29) is 11.8 Å². The predicted molar refractivity (Wildman–Crippen MR) is 103 cm³/mol. The van der Waals surface area contributed by atoms with Crippen LogP contribution in [0.15, 0.2) is 34.8 Å². The third-order valence-electron chi connectivity index (χ3n) is 5.13. The number of rotatable bonds is 3. The number of halogens is 1. The number of likely N-dealkylation sites (tertiary alicyclic amines) is 2. The Morgan fingerprint density at radius 3 is 2.32 bits per heavy atom. The smallest absolute Gasteiger partial charge is 0.246 e. The van der Waals surface area contributed by atoms with Crippen molar-refractivity contribution in [3.8, 4) is 0 Å². The quantitative estimate of drug-likeness (QED) is 0.720. The van der Waals surface area contributed by atoms with E-state index >= 15 is 0 Å². The van der Waals surface area contributed by atoms with Crippen molar-refractivity contribution >= 4 is 33.8 Å². The summed E-state index contributed by atoms with van der Waals surface area (Å²) in [6.07, 6.45) is 8.53. The molecule has 0 aromatic heterocycles. The van der Waals surface area contributed by atoms with Crippen LogP contribution in [0.25, 0.3) is 6.08 Å². The fourth-order valence-electron chi connectivity index (χ4n) is 3.60. The molecule has 134 valence electrons. The Bertz CT molecular complexity index is 645. The number of carbonyl (C=O) groups is 2. The van der Waals surface area contributed by atoms with Crippen molar-refractivity contribution in [2.24, 2.45) is 5.92 Å². The van der Waals surface area contributed by atoms with Crippen molar-refractivity contribution in [2.75, 3.05) is 26.2 Å². The molecule has 2 aliphatic rings. The number of carbonyl (C=O) groups excluding carboxylic acids is 2. The Morgan fingerprint density at radius 2 is 1.64 bits per heavy atom. The van der Waals surface area contributed by atoms with Crippen molar-refractivity contribution in [1.82, 2.24) is 9.80 Å². The van der Waals surface area contributed by atoms with Gasteiger partial charge in [-0.3, -0.25) is 9.59 Å². The van der Waals surface area contributed by atoms with Gasteiger partial charge in [-0.1, -0.05) is 34.1 Å². The van der Waals surface area contributed by atoms with Crippen LogP contribution in [0, 0.1) is 5.92 Å². The average Bonchev–Trinajstić information content (AvgIpc) is 2.67. The lowest BCUT2D eigenvalue weighted by molar-refractivity contribution is -0.140. The molecule has 0 saturated carbocycles. The van der Waals surface area contributed by atoms with Crippen LogP contribution in [0.2, 0.25) is 0 Å². The fourth-order valence-corrected chi connectivity index (χ4v) is 4.01. The Hall–Kier alpha value is -1.62. The zero-order valence-corrected chi connectivity index (χ0v) is 16.1. The second-order valence-electron chi connectivity index (χ2n) is 6.84. The first-order valence-electron chi connectivity index (χ1n) is 9.15. The van der Waals surface area contributed by atoms with E-state index < -0.39 is 0 Å². The fraction of sp³-hybridized carbons (Fsp3) is 0.500. The van der Waals surface area contributed by atoms with Crippen LogP contribution in [-0.4, -0.2) is 47.8 Å². The van der Waals surface area contributed by atoms with E-state index in [1.807, 2.05) is 40.1 Å². The molecule has 0 unspecified atom stereocenters. The number of amides is 2. The molecular weight excluding hydrogens is 380 g/mol. The Balaban J connectivity index is 1.50. The highest BCUT2D eigenvalue weighted by atomic mass is 79.9. The predicted octanol–water partition coefficient (Wildman–Crippen LogP) is 3.71. The van der Waals surface area contributed by atoms with Gasteiger partial charge in [0.15, 0.2) is 0 Å². The van der Waals surface area contributed by atoms with E-state index in [9.17, 15) is 9.59 Å². The highest BCUT2D eigenvalue weighted by molar-refractivity contribution is 9.10. The molecular formula is C20H25BrN2O2. The molecule has 1 aromatic carbocycles. The second kappa shape index (κ2) is 8.65. The normalized spacial score (nSPS) is 19.4. The molecule has 0 radical (unpaired) electrons. The molecule has 0 N–H and O–H groups in total. The highest BCUT2D eigenvalue weighted by Gasteiger charge is 2.30. The Kier molecular flexibility index (Phi) is 6.29. The molecule has 0 aliphatic carbocycles. The van der Waals surface area contributed by atoms with Crippen LogP contribution in [0.4, 0.5) is 0 Å². The van der Waals surface area contributed by atoms with E-state index in [0.717, 1.165) is 48.8 Å². The molecule has 1 aromatic rings. The molecule has 2 aliphatic heterocycles. The van der Waals surface area contributed by atoms with Gasteiger partial charge in [0.2, 0.25) is 11.8 Å². The lowest BCUT2D eigenvalue weighted by atomic mass is 9.94. The van der Waals surface area contributed by atoms with Gasteiger partial charge < -0.3 is 9.80 Å². The monoisotopic (exact) mass is 404 g/mol. The van der Waals surface area contributed by atoms with Crippen LogP contribution in [-0.2, 0) is 9.59 Å². The van der Waals surface area contributed by atoms with Crippen LogP contribution >= 0.6 is 15.9 Å². The van der Waals surface area contributed by atoms with Crippen molar-refractivity contribution in [3.63, 3.8) is 0 Å². The maximum atomic E-state index is 12.6. The number of hydrogen-bond donors (Lipinski definition) is 0. The Morgan fingerprint density at radius 1 is 0.960 bits per heavy atom. The standard InChI is InChI=1S/C20H25BrN2O2/c21-18-7-3-2-6-16(18)8-9-19(24)22-14-10-17(11-15-22)20(25)23-12-4-1-5-13-23/h2-3,6-9,17H,1,4-5,10-15H2/b9-8+. The molecule has 5 heteroatoms. The second-order valence-corrected chi connectivity index (χ2v) is 7.69. The first kappa shape index (κ1) is 18.2. The maximum Gasteiger partial charge on any atom is 0.246 e. The van der Waals surface area contributed by atoms with Gasteiger partial charge in [-0.05, 0) is 49.8 Å². The largest absolute Gasteiger partial charge is 0.342 e.